The molecule has 2 aromatic rings. The van der Waals surface area contributed by atoms with E-state index in [4.69, 9.17) is 21.4 Å². The zero-order valence-electron chi connectivity index (χ0n) is 12.4. The normalized spacial score (nSPS) is 10.4. The summed E-state index contributed by atoms with van der Waals surface area (Å²) in [5.41, 5.74) is 1.12. The highest BCUT2D eigenvalue weighted by Crippen LogP contribution is 2.21. The van der Waals surface area contributed by atoms with Gasteiger partial charge < -0.3 is 15.2 Å². The van der Waals surface area contributed by atoms with Crippen molar-refractivity contribution in [2.45, 2.75) is 13.0 Å². The van der Waals surface area contributed by atoms with Gasteiger partial charge in [-0.25, -0.2) is 4.39 Å². The average molecular weight is 338 g/mol. The van der Waals surface area contributed by atoms with Crippen LogP contribution in [-0.2, 0) is 17.8 Å². The van der Waals surface area contributed by atoms with E-state index in [2.05, 4.69) is 5.32 Å². The number of amides is 1. The maximum Gasteiger partial charge on any atom is 0.224 e. The molecule has 0 saturated heterocycles. The van der Waals surface area contributed by atoms with Crippen LogP contribution in [0.1, 0.15) is 11.1 Å². The zero-order chi connectivity index (χ0) is 16.7. The van der Waals surface area contributed by atoms with Gasteiger partial charge in [0.1, 0.15) is 18.2 Å². The molecule has 0 unspecified atom stereocenters. The van der Waals surface area contributed by atoms with E-state index in [1.54, 1.807) is 30.3 Å². The first-order valence-corrected chi connectivity index (χ1v) is 7.50. The van der Waals surface area contributed by atoms with Gasteiger partial charge in [0.05, 0.1) is 18.1 Å². The molecule has 0 aromatic heterocycles. The summed E-state index contributed by atoms with van der Waals surface area (Å²) in [6, 6.07) is 11.4. The lowest BCUT2D eigenvalue weighted by Crippen LogP contribution is -2.27. The highest BCUT2D eigenvalue weighted by atomic mass is 35.5. The first-order chi connectivity index (χ1) is 11.1. The fraction of sp³-hybridized carbons (Fsp3) is 0.235. The minimum atomic E-state index is -0.408. The molecule has 0 saturated carbocycles. The molecule has 0 fully saturated rings. The topological polar surface area (TPSA) is 58.6 Å². The molecule has 4 nitrogen and oxygen atoms in total. The summed E-state index contributed by atoms with van der Waals surface area (Å²) in [4.78, 5) is 11.5. The molecule has 6 heteroatoms. The third-order valence-electron chi connectivity index (χ3n) is 3.17. The van der Waals surface area contributed by atoms with Crippen molar-refractivity contribution < 1.29 is 19.0 Å². The number of nitrogens with one attached hydrogen (secondary N) is 1. The molecular formula is C17H17ClFNO3. The Hall–Kier alpha value is -2.11. The van der Waals surface area contributed by atoms with Gasteiger partial charge in [0.15, 0.2) is 0 Å². The molecule has 0 atom stereocenters. The van der Waals surface area contributed by atoms with Crippen molar-refractivity contribution in [3.05, 3.63) is 64.4 Å². The van der Waals surface area contributed by atoms with Gasteiger partial charge in [-0.3, -0.25) is 4.79 Å². The lowest BCUT2D eigenvalue weighted by Gasteiger charge is -2.09. The summed E-state index contributed by atoms with van der Waals surface area (Å²) in [5.74, 6) is -0.00984. The Morgan fingerprint density at radius 2 is 1.96 bits per heavy atom. The van der Waals surface area contributed by atoms with Crippen LogP contribution in [-0.4, -0.2) is 24.2 Å². The molecular weight excluding hydrogens is 321 g/mol. The van der Waals surface area contributed by atoms with E-state index in [0.29, 0.717) is 16.3 Å². The SMILES string of the molecule is O=C(Cc1ccc(OCc2c(F)cccc2Cl)cc1)NCCO. The molecule has 2 aromatic carbocycles. The molecule has 0 aliphatic heterocycles. The van der Waals surface area contributed by atoms with E-state index in [1.165, 1.54) is 12.1 Å². The summed E-state index contributed by atoms with van der Waals surface area (Å²) in [7, 11) is 0. The molecule has 23 heavy (non-hydrogen) atoms. The Morgan fingerprint density at radius 1 is 1.22 bits per heavy atom. The summed E-state index contributed by atoms with van der Waals surface area (Å²) >= 11 is 5.94. The predicted molar refractivity (Wildman–Crippen MR) is 86.0 cm³/mol. The second-order valence-electron chi connectivity index (χ2n) is 4.88. The molecule has 0 spiro atoms. The first kappa shape index (κ1) is 17.2. The Balaban J connectivity index is 1.91. The van der Waals surface area contributed by atoms with Gasteiger partial charge in [-0.15, -0.1) is 0 Å². The van der Waals surface area contributed by atoms with Crippen molar-refractivity contribution >= 4 is 17.5 Å². The zero-order valence-corrected chi connectivity index (χ0v) is 13.1. The van der Waals surface area contributed by atoms with Gasteiger partial charge in [0.2, 0.25) is 5.91 Å². The fourth-order valence-electron chi connectivity index (χ4n) is 1.97. The number of carbonyl (C=O) groups is 1. The van der Waals surface area contributed by atoms with Crippen molar-refractivity contribution in [3.63, 3.8) is 0 Å². The Morgan fingerprint density at radius 3 is 2.61 bits per heavy atom. The van der Waals surface area contributed by atoms with Crippen LogP contribution in [0.4, 0.5) is 4.39 Å². The molecule has 0 radical (unpaired) electrons. The largest absolute Gasteiger partial charge is 0.489 e. The molecule has 0 aliphatic rings. The lowest BCUT2D eigenvalue weighted by molar-refractivity contribution is -0.120. The molecule has 0 aliphatic carbocycles. The van der Waals surface area contributed by atoms with Crippen LogP contribution in [0.15, 0.2) is 42.5 Å². The number of aliphatic hydroxyl groups excluding tert-OH is 1. The maximum absolute atomic E-state index is 13.6. The Kier molecular flexibility index (Phi) is 6.38. The smallest absolute Gasteiger partial charge is 0.224 e. The minimum absolute atomic E-state index is 0.0296. The van der Waals surface area contributed by atoms with Crippen molar-refractivity contribution in [1.82, 2.24) is 5.32 Å². The molecule has 0 bridgehead atoms. The molecule has 2 rings (SSSR count). The second-order valence-corrected chi connectivity index (χ2v) is 5.29. The quantitative estimate of drug-likeness (QED) is 0.816. The monoisotopic (exact) mass is 337 g/mol. The van der Waals surface area contributed by atoms with Crippen molar-refractivity contribution in [3.8, 4) is 5.75 Å². The number of halogens is 2. The number of aliphatic hydroxyl groups is 1. The van der Waals surface area contributed by atoms with Crippen LogP contribution < -0.4 is 10.1 Å². The van der Waals surface area contributed by atoms with E-state index < -0.39 is 5.82 Å². The summed E-state index contributed by atoms with van der Waals surface area (Å²) < 4.78 is 19.2. The van der Waals surface area contributed by atoms with Gasteiger partial charge in [-0.2, -0.15) is 0 Å². The number of rotatable bonds is 7. The number of hydrogen-bond acceptors (Lipinski definition) is 3. The van der Waals surface area contributed by atoms with Gasteiger partial charge in [-0.1, -0.05) is 29.8 Å². The predicted octanol–water partition coefficient (Wildman–Crippen LogP) is 2.71. The summed E-state index contributed by atoms with van der Waals surface area (Å²) in [5, 5.41) is 11.5. The summed E-state index contributed by atoms with van der Waals surface area (Å²) in [6.07, 6.45) is 0.222. The third-order valence-corrected chi connectivity index (χ3v) is 3.52. The number of hydrogen-bond donors (Lipinski definition) is 2. The minimum Gasteiger partial charge on any atom is -0.489 e. The van der Waals surface area contributed by atoms with Crippen LogP contribution in [0.5, 0.6) is 5.75 Å². The van der Waals surface area contributed by atoms with Crippen LogP contribution in [0.3, 0.4) is 0 Å². The number of ether oxygens (including phenoxy) is 1. The molecule has 122 valence electrons. The van der Waals surface area contributed by atoms with E-state index in [1.807, 2.05) is 0 Å². The van der Waals surface area contributed by atoms with E-state index >= 15 is 0 Å². The van der Waals surface area contributed by atoms with Crippen LogP contribution in [0.25, 0.3) is 0 Å². The number of benzene rings is 2. The highest BCUT2D eigenvalue weighted by molar-refractivity contribution is 6.31. The van der Waals surface area contributed by atoms with Crippen LogP contribution in [0, 0.1) is 5.82 Å². The van der Waals surface area contributed by atoms with Gasteiger partial charge in [0, 0.05) is 12.1 Å². The van der Waals surface area contributed by atoms with Crippen molar-refractivity contribution in [2.75, 3.05) is 13.2 Å². The Labute approximate surface area is 138 Å². The van der Waals surface area contributed by atoms with Crippen LogP contribution in [0.2, 0.25) is 5.02 Å². The summed E-state index contributed by atoms with van der Waals surface area (Å²) in [6.45, 7) is 0.183. The van der Waals surface area contributed by atoms with Crippen molar-refractivity contribution in [1.29, 1.82) is 0 Å². The molecule has 2 N–H and O–H groups in total. The lowest BCUT2D eigenvalue weighted by atomic mass is 10.1. The highest BCUT2D eigenvalue weighted by Gasteiger charge is 2.08. The molecule has 0 heterocycles. The van der Waals surface area contributed by atoms with Gasteiger partial charge in [-0.05, 0) is 29.8 Å². The second kappa shape index (κ2) is 8.50. The van der Waals surface area contributed by atoms with Gasteiger partial charge in [0.25, 0.3) is 0 Å². The molecule has 1 amide bonds. The third kappa shape index (κ3) is 5.23. The fourth-order valence-corrected chi connectivity index (χ4v) is 2.19. The Bertz CT molecular complexity index is 641. The van der Waals surface area contributed by atoms with E-state index in [-0.39, 0.29) is 32.1 Å². The van der Waals surface area contributed by atoms with Crippen molar-refractivity contribution in [2.24, 2.45) is 0 Å². The number of carbonyl (C=O) groups excluding carboxylic acids is 1. The average Bonchev–Trinajstić information content (AvgIpc) is 2.54. The van der Waals surface area contributed by atoms with Crippen LogP contribution >= 0.6 is 11.6 Å². The van der Waals surface area contributed by atoms with E-state index in [9.17, 15) is 9.18 Å². The first-order valence-electron chi connectivity index (χ1n) is 7.12. The maximum atomic E-state index is 13.6. The van der Waals surface area contributed by atoms with E-state index in [0.717, 1.165) is 5.56 Å². The van der Waals surface area contributed by atoms with Gasteiger partial charge >= 0.3 is 0 Å². The standard InChI is InChI=1S/C17H17ClFNO3/c18-15-2-1-3-16(19)14(15)11-23-13-6-4-12(5-7-13)10-17(22)20-8-9-21/h1-7,21H,8-11H2,(H,20,22).